The molecule has 0 saturated carbocycles. The fourth-order valence-corrected chi connectivity index (χ4v) is 1.73. The fraction of sp³-hybridized carbons (Fsp3) is 0.667. The lowest BCUT2D eigenvalue weighted by Crippen LogP contribution is -2.26. The maximum Gasteiger partial charge on any atom is 0.287 e. The molecule has 0 fully saturated rings. The van der Waals surface area contributed by atoms with Crippen molar-refractivity contribution in [2.45, 2.75) is 19.4 Å². The van der Waals surface area contributed by atoms with E-state index >= 15 is 0 Å². The van der Waals surface area contributed by atoms with Crippen molar-refractivity contribution in [1.82, 2.24) is 9.78 Å². The molecule has 19 heavy (non-hydrogen) atoms. The van der Waals surface area contributed by atoms with Crippen molar-refractivity contribution in [1.29, 1.82) is 0 Å². The van der Waals surface area contributed by atoms with Crippen molar-refractivity contribution in [3.8, 4) is 0 Å². The van der Waals surface area contributed by atoms with Crippen molar-refractivity contribution in [3.05, 3.63) is 21.6 Å². The molecule has 0 radical (unpaired) electrons. The van der Waals surface area contributed by atoms with Crippen LogP contribution in [0.5, 0.6) is 0 Å². The van der Waals surface area contributed by atoms with Gasteiger partial charge in [0.05, 0.1) is 25.0 Å². The van der Waals surface area contributed by atoms with E-state index in [9.17, 15) is 4.79 Å². The molecule has 1 heterocycles. The molecule has 1 N–H and O–H groups in total. The third-order valence-corrected chi connectivity index (χ3v) is 2.95. The van der Waals surface area contributed by atoms with Crippen LogP contribution in [0.4, 0.5) is 5.69 Å². The summed E-state index contributed by atoms with van der Waals surface area (Å²) in [4.78, 5) is 11.9. The van der Waals surface area contributed by atoms with Gasteiger partial charge in [0.2, 0.25) is 0 Å². The lowest BCUT2D eigenvalue weighted by atomic mass is 10.3. The van der Waals surface area contributed by atoms with E-state index in [1.165, 1.54) is 4.68 Å². The van der Waals surface area contributed by atoms with Gasteiger partial charge in [-0.15, -0.1) is 0 Å². The first-order valence-corrected chi connectivity index (χ1v) is 6.56. The summed E-state index contributed by atoms with van der Waals surface area (Å²) in [6.45, 7) is 2.27. The first-order chi connectivity index (χ1) is 9.20. The van der Waals surface area contributed by atoms with Crippen LogP contribution in [0.2, 0.25) is 5.02 Å². The predicted molar refractivity (Wildman–Crippen MR) is 75.0 cm³/mol. The van der Waals surface area contributed by atoms with Crippen LogP contribution >= 0.6 is 11.6 Å². The van der Waals surface area contributed by atoms with E-state index in [4.69, 9.17) is 21.1 Å². The van der Waals surface area contributed by atoms with Gasteiger partial charge in [0.1, 0.15) is 5.02 Å². The molecule has 1 aromatic rings. The van der Waals surface area contributed by atoms with E-state index in [-0.39, 0.29) is 10.6 Å². The predicted octanol–water partition coefficient (Wildman–Crippen LogP) is 1.38. The van der Waals surface area contributed by atoms with Crippen LogP contribution in [0.15, 0.2) is 11.0 Å². The number of nitrogens with one attached hydrogen (secondary N) is 1. The number of nitrogens with zero attached hydrogens (tertiary/aromatic N) is 2. The molecule has 7 heteroatoms. The molecule has 0 aliphatic rings. The van der Waals surface area contributed by atoms with Crippen molar-refractivity contribution >= 4 is 17.3 Å². The molecular formula is C12H20ClN3O3. The molecule has 0 aromatic carbocycles. The van der Waals surface area contributed by atoms with Gasteiger partial charge in [0, 0.05) is 27.4 Å². The van der Waals surface area contributed by atoms with Gasteiger partial charge in [-0.2, -0.15) is 5.10 Å². The van der Waals surface area contributed by atoms with Gasteiger partial charge in [0.15, 0.2) is 0 Å². The highest BCUT2D eigenvalue weighted by Crippen LogP contribution is 2.15. The number of unbranched alkanes of at least 4 members (excludes halogenated alkanes) is 1. The van der Waals surface area contributed by atoms with Crippen molar-refractivity contribution in [3.63, 3.8) is 0 Å². The zero-order valence-corrected chi connectivity index (χ0v) is 12.1. The molecule has 0 amide bonds. The summed E-state index contributed by atoms with van der Waals surface area (Å²) in [5.74, 6) is 0. The van der Waals surface area contributed by atoms with E-state index in [0.717, 1.165) is 26.0 Å². The van der Waals surface area contributed by atoms with Crippen LogP contribution in [0.3, 0.4) is 0 Å². The van der Waals surface area contributed by atoms with Gasteiger partial charge in [-0.25, -0.2) is 4.68 Å². The number of hydrogen-bond acceptors (Lipinski definition) is 5. The third-order valence-electron chi connectivity index (χ3n) is 2.58. The van der Waals surface area contributed by atoms with E-state index in [0.29, 0.717) is 18.8 Å². The molecule has 0 aliphatic heterocycles. The second-order valence-corrected chi connectivity index (χ2v) is 4.40. The average molecular weight is 290 g/mol. The van der Waals surface area contributed by atoms with E-state index < -0.39 is 0 Å². The maximum atomic E-state index is 11.9. The Balaban J connectivity index is 2.56. The van der Waals surface area contributed by atoms with Crippen molar-refractivity contribution in [2.75, 3.05) is 39.3 Å². The van der Waals surface area contributed by atoms with Gasteiger partial charge < -0.3 is 14.8 Å². The van der Waals surface area contributed by atoms with Crippen LogP contribution in [-0.2, 0) is 16.0 Å². The second kappa shape index (κ2) is 8.90. The topological polar surface area (TPSA) is 65.4 Å². The second-order valence-electron chi connectivity index (χ2n) is 4.02. The Labute approximate surface area is 117 Å². The van der Waals surface area contributed by atoms with E-state index in [1.54, 1.807) is 20.4 Å². The Morgan fingerprint density at radius 1 is 1.32 bits per heavy atom. The molecular weight excluding hydrogens is 270 g/mol. The summed E-state index contributed by atoms with van der Waals surface area (Å²) in [6, 6.07) is 0. The number of rotatable bonds is 9. The highest BCUT2D eigenvalue weighted by atomic mass is 35.5. The summed E-state index contributed by atoms with van der Waals surface area (Å²) in [7, 11) is 3.25. The molecule has 108 valence electrons. The zero-order valence-electron chi connectivity index (χ0n) is 11.3. The SMILES string of the molecule is COCCCCNc1cnn(CCOC)c(=O)c1Cl. The van der Waals surface area contributed by atoms with Crippen LogP contribution in [0.25, 0.3) is 0 Å². The average Bonchev–Trinajstić information content (AvgIpc) is 2.42. The summed E-state index contributed by atoms with van der Waals surface area (Å²) >= 11 is 6.02. The fourth-order valence-electron chi connectivity index (χ4n) is 1.52. The number of hydrogen-bond donors (Lipinski definition) is 1. The Bertz CT molecular complexity index is 437. The van der Waals surface area contributed by atoms with Crippen LogP contribution < -0.4 is 10.9 Å². The standard InChI is InChI=1S/C12H20ClN3O3/c1-18-7-4-3-5-14-10-9-15-16(6-8-19-2)12(17)11(10)13/h9,14H,3-8H2,1-2H3. The molecule has 1 aromatic heterocycles. The Morgan fingerprint density at radius 2 is 2.05 bits per heavy atom. The van der Waals surface area contributed by atoms with Crippen LogP contribution in [0, 0.1) is 0 Å². The maximum absolute atomic E-state index is 11.9. The summed E-state index contributed by atoms with van der Waals surface area (Å²) in [6.07, 6.45) is 3.46. The minimum atomic E-state index is -0.305. The quantitative estimate of drug-likeness (QED) is 0.696. The van der Waals surface area contributed by atoms with Gasteiger partial charge in [0.25, 0.3) is 5.56 Å². The van der Waals surface area contributed by atoms with Crippen LogP contribution in [-0.4, -0.2) is 43.8 Å². The summed E-state index contributed by atoms with van der Waals surface area (Å²) in [5, 5.41) is 7.31. The molecule has 0 atom stereocenters. The summed E-state index contributed by atoms with van der Waals surface area (Å²) < 4.78 is 11.2. The Morgan fingerprint density at radius 3 is 2.74 bits per heavy atom. The lowest BCUT2D eigenvalue weighted by Gasteiger charge is -2.09. The van der Waals surface area contributed by atoms with Gasteiger partial charge in [-0.3, -0.25) is 4.79 Å². The highest BCUT2D eigenvalue weighted by Gasteiger charge is 2.08. The van der Waals surface area contributed by atoms with Crippen molar-refractivity contribution in [2.24, 2.45) is 0 Å². The molecule has 1 rings (SSSR count). The number of methoxy groups -OCH3 is 2. The molecule has 0 bridgehead atoms. The Hall–Kier alpha value is -1.11. The van der Waals surface area contributed by atoms with Crippen LogP contribution in [0.1, 0.15) is 12.8 Å². The summed E-state index contributed by atoms with van der Waals surface area (Å²) in [5.41, 5.74) is 0.262. The van der Waals surface area contributed by atoms with Gasteiger partial charge in [-0.05, 0) is 12.8 Å². The van der Waals surface area contributed by atoms with E-state index in [2.05, 4.69) is 10.4 Å². The van der Waals surface area contributed by atoms with Gasteiger partial charge in [-0.1, -0.05) is 11.6 Å². The minimum absolute atomic E-state index is 0.165. The van der Waals surface area contributed by atoms with Crippen molar-refractivity contribution < 1.29 is 9.47 Å². The van der Waals surface area contributed by atoms with Gasteiger partial charge >= 0.3 is 0 Å². The monoisotopic (exact) mass is 289 g/mol. The number of aromatic nitrogens is 2. The molecule has 0 saturated heterocycles. The largest absolute Gasteiger partial charge is 0.385 e. The molecule has 0 spiro atoms. The first kappa shape index (κ1) is 15.9. The normalized spacial score (nSPS) is 10.7. The minimum Gasteiger partial charge on any atom is -0.385 e. The molecule has 0 unspecified atom stereocenters. The zero-order chi connectivity index (χ0) is 14.1. The number of anilines is 1. The smallest absolute Gasteiger partial charge is 0.287 e. The molecule has 0 aliphatic carbocycles. The first-order valence-electron chi connectivity index (χ1n) is 6.18. The number of ether oxygens (including phenoxy) is 2. The number of halogens is 1. The lowest BCUT2D eigenvalue weighted by molar-refractivity contribution is 0.182. The molecule has 6 nitrogen and oxygen atoms in total. The Kier molecular flexibility index (Phi) is 7.47. The highest BCUT2D eigenvalue weighted by molar-refractivity contribution is 6.32. The van der Waals surface area contributed by atoms with E-state index in [1.807, 2.05) is 0 Å². The third kappa shape index (κ3) is 5.18.